The number of nitro benzene ring substituents is 1. The lowest BCUT2D eigenvalue weighted by Gasteiger charge is -2.43. The lowest BCUT2D eigenvalue weighted by Crippen LogP contribution is -2.57. The summed E-state index contributed by atoms with van der Waals surface area (Å²) in [5.74, 6) is 12.7. The molecule has 2 aliphatic carbocycles. The molecule has 2 aliphatic heterocycles. The van der Waals surface area contributed by atoms with Gasteiger partial charge in [0.15, 0.2) is 0 Å². The Balaban J connectivity index is 1.42. The molecule has 2 heterocycles. The van der Waals surface area contributed by atoms with E-state index in [2.05, 4.69) is 23.7 Å². The van der Waals surface area contributed by atoms with Crippen molar-refractivity contribution in [3.05, 3.63) is 81.9 Å². The Morgan fingerprint density at radius 1 is 1.15 bits per heavy atom. The van der Waals surface area contributed by atoms with E-state index in [9.17, 15) is 14.9 Å². The van der Waals surface area contributed by atoms with Gasteiger partial charge in [-0.3, -0.25) is 15.0 Å². The number of rotatable bonds is 3. The van der Waals surface area contributed by atoms with E-state index in [1.54, 1.807) is 35.3 Å². The van der Waals surface area contributed by atoms with Crippen molar-refractivity contribution in [3.63, 3.8) is 0 Å². The van der Waals surface area contributed by atoms with E-state index in [0.717, 1.165) is 24.8 Å². The summed E-state index contributed by atoms with van der Waals surface area (Å²) in [5, 5.41) is 11.4. The Morgan fingerprint density at radius 2 is 1.91 bits per heavy atom. The SMILES string of the molecule is O=C(OCc1ccccc1[N+](=O)[O-])N1c2ccccc2C23OC24CCCC3C#C/C=C\C#CC14. The van der Waals surface area contributed by atoms with E-state index in [4.69, 9.17) is 9.47 Å². The molecule has 1 amide bonds. The topological polar surface area (TPSA) is 85.2 Å². The summed E-state index contributed by atoms with van der Waals surface area (Å²) in [6.45, 7) is -0.220. The van der Waals surface area contributed by atoms with E-state index >= 15 is 0 Å². The predicted octanol–water partition coefficient (Wildman–Crippen LogP) is 4.46. The molecule has 0 radical (unpaired) electrons. The normalized spacial score (nSPS) is 30.2. The van der Waals surface area contributed by atoms with Crippen LogP contribution in [0.5, 0.6) is 0 Å². The Morgan fingerprint density at radius 3 is 2.76 bits per heavy atom. The molecule has 1 saturated heterocycles. The first-order chi connectivity index (χ1) is 16.6. The number of nitrogens with zero attached hydrogens (tertiary/aromatic N) is 2. The van der Waals surface area contributed by atoms with Crippen molar-refractivity contribution < 1.29 is 19.2 Å². The van der Waals surface area contributed by atoms with Gasteiger partial charge >= 0.3 is 6.09 Å². The number of carbonyl (C=O) groups is 1. The maximum Gasteiger partial charge on any atom is 0.415 e. The molecule has 0 spiro atoms. The molecule has 7 nitrogen and oxygen atoms in total. The standard InChI is InChI=1S/C27H20N2O5/c30-25(33-18-19-10-5-7-14-22(19)29(31)32)28-23-15-8-6-13-21(23)27-20-11-3-1-2-4-16-24(28)26(27,34-27)17-9-12-20/h1-2,5-8,10,13-15,20,24H,9,12,17-18H2/b2-1-. The average Bonchev–Trinajstić information content (AvgIpc) is 3.57. The number of fused-ring (bicyclic) bond motifs is 1. The van der Waals surface area contributed by atoms with Crippen molar-refractivity contribution in [2.24, 2.45) is 5.92 Å². The van der Waals surface area contributed by atoms with Gasteiger partial charge in [-0.25, -0.2) is 4.79 Å². The van der Waals surface area contributed by atoms with Crippen LogP contribution in [0.15, 0.2) is 60.7 Å². The van der Waals surface area contributed by atoms with Crippen LogP contribution in [-0.2, 0) is 21.7 Å². The van der Waals surface area contributed by atoms with Gasteiger partial charge in [-0.05, 0) is 43.5 Å². The largest absolute Gasteiger partial charge is 0.444 e. The first kappa shape index (κ1) is 20.5. The summed E-state index contributed by atoms with van der Waals surface area (Å²) in [4.78, 5) is 26.0. The maximum absolute atomic E-state index is 13.6. The van der Waals surface area contributed by atoms with Crippen LogP contribution >= 0.6 is 0 Å². The molecule has 34 heavy (non-hydrogen) atoms. The zero-order valence-corrected chi connectivity index (χ0v) is 18.2. The van der Waals surface area contributed by atoms with Gasteiger partial charge in [-0.2, -0.15) is 0 Å². The van der Waals surface area contributed by atoms with Crippen LogP contribution in [0.3, 0.4) is 0 Å². The molecule has 4 atom stereocenters. The van der Waals surface area contributed by atoms with Crippen LogP contribution in [0, 0.1) is 39.7 Å². The fraction of sp³-hybridized carbons (Fsp3) is 0.296. The smallest absolute Gasteiger partial charge is 0.415 e. The predicted molar refractivity (Wildman–Crippen MR) is 124 cm³/mol. The quantitative estimate of drug-likeness (QED) is 0.297. The molecule has 6 rings (SSSR count). The highest BCUT2D eigenvalue weighted by molar-refractivity contribution is 5.93. The number of para-hydroxylation sites is 2. The second-order valence-electron chi connectivity index (χ2n) is 8.81. The minimum atomic E-state index is -0.658. The highest BCUT2D eigenvalue weighted by atomic mass is 16.6. The van der Waals surface area contributed by atoms with E-state index in [1.807, 2.05) is 24.3 Å². The Kier molecular flexibility index (Phi) is 4.52. The molecular formula is C27H20N2O5. The first-order valence-electron chi connectivity index (χ1n) is 11.2. The fourth-order valence-corrected chi connectivity index (χ4v) is 5.79. The van der Waals surface area contributed by atoms with Gasteiger partial charge in [-0.1, -0.05) is 54.0 Å². The van der Waals surface area contributed by atoms with Crippen molar-refractivity contribution in [3.8, 4) is 23.7 Å². The van der Waals surface area contributed by atoms with Gasteiger partial charge in [0.1, 0.15) is 23.9 Å². The number of benzene rings is 2. The number of ether oxygens (including phenoxy) is 2. The zero-order chi connectivity index (χ0) is 23.3. The highest BCUT2D eigenvalue weighted by Gasteiger charge is 2.81. The van der Waals surface area contributed by atoms with Crippen LogP contribution in [0.2, 0.25) is 0 Å². The minimum Gasteiger partial charge on any atom is -0.444 e. The first-order valence-corrected chi connectivity index (χ1v) is 11.2. The molecule has 2 aromatic rings. The van der Waals surface area contributed by atoms with Crippen molar-refractivity contribution in [1.29, 1.82) is 0 Å². The van der Waals surface area contributed by atoms with Crippen molar-refractivity contribution in [2.75, 3.05) is 4.90 Å². The van der Waals surface area contributed by atoms with E-state index in [-0.39, 0.29) is 18.2 Å². The van der Waals surface area contributed by atoms with E-state index < -0.39 is 28.3 Å². The van der Waals surface area contributed by atoms with Crippen LogP contribution < -0.4 is 4.90 Å². The lowest BCUT2D eigenvalue weighted by atomic mass is 9.64. The monoisotopic (exact) mass is 452 g/mol. The third-order valence-electron chi connectivity index (χ3n) is 7.19. The van der Waals surface area contributed by atoms with Gasteiger partial charge in [-0.15, -0.1) is 0 Å². The number of carbonyl (C=O) groups excluding carboxylic acids is 1. The molecule has 4 bridgehead atoms. The van der Waals surface area contributed by atoms with Crippen LogP contribution in [0.4, 0.5) is 16.2 Å². The third-order valence-corrected chi connectivity index (χ3v) is 7.19. The molecule has 4 unspecified atom stereocenters. The molecule has 168 valence electrons. The van der Waals surface area contributed by atoms with E-state index in [0.29, 0.717) is 11.3 Å². The fourth-order valence-electron chi connectivity index (χ4n) is 5.79. The molecule has 0 N–H and O–H groups in total. The molecule has 1 saturated carbocycles. The summed E-state index contributed by atoms with van der Waals surface area (Å²) < 4.78 is 12.3. The number of anilines is 1. The third kappa shape index (κ3) is 2.74. The second-order valence-corrected chi connectivity index (χ2v) is 8.81. The maximum atomic E-state index is 13.6. The summed E-state index contributed by atoms with van der Waals surface area (Å²) in [5.41, 5.74) is 0.576. The molecule has 2 aromatic carbocycles. The molecular weight excluding hydrogens is 432 g/mol. The molecule has 2 fully saturated rings. The summed E-state index contributed by atoms with van der Waals surface area (Å²) in [6.07, 6.45) is 5.40. The van der Waals surface area contributed by atoms with Gasteiger partial charge in [0.25, 0.3) is 5.69 Å². The van der Waals surface area contributed by atoms with Crippen molar-refractivity contribution in [2.45, 2.75) is 43.1 Å². The summed E-state index contributed by atoms with van der Waals surface area (Å²) in [6, 6.07) is 13.4. The van der Waals surface area contributed by atoms with Gasteiger partial charge in [0.2, 0.25) is 0 Å². The van der Waals surface area contributed by atoms with Crippen LogP contribution in [-0.4, -0.2) is 22.7 Å². The van der Waals surface area contributed by atoms with Crippen LogP contribution in [0.1, 0.15) is 30.4 Å². The molecule has 7 heteroatoms. The Hall–Kier alpha value is -4.07. The van der Waals surface area contributed by atoms with Crippen molar-refractivity contribution in [1.82, 2.24) is 0 Å². The van der Waals surface area contributed by atoms with Crippen molar-refractivity contribution >= 4 is 17.5 Å². The second kappa shape index (κ2) is 7.48. The number of amides is 1. The molecule has 4 aliphatic rings. The lowest BCUT2D eigenvalue weighted by molar-refractivity contribution is -0.385. The number of hydrogen-bond acceptors (Lipinski definition) is 5. The van der Waals surface area contributed by atoms with Gasteiger partial charge < -0.3 is 9.47 Å². The van der Waals surface area contributed by atoms with Gasteiger partial charge in [0, 0.05) is 11.6 Å². The minimum absolute atomic E-state index is 0.000381. The Labute approximate surface area is 196 Å². The highest BCUT2D eigenvalue weighted by Crippen LogP contribution is 2.72. The summed E-state index contributed by atoms with van der Waals surface area (Å²) in [7, 11) is 0. The van der Waals surface area contributed by atoms with Crippen LogP contribution in [0.25, 0.3) is 0 Å². The number of epoxide rings is 1. The summed E-state index contributed by atoms with van der Waals surface area (Å²) >= 11 is 0. The molecule has 0 aromatic heterocycles. The average molecular weight is 452 g/mol. The number of allylic oxidation sites excluding steroid dienone is 2. The van der Waals surface area contributed by atoms with E-state index in [1.165, 1.54) is 6.07 Å². The zero-order valence-electron chi connectivity index (χ0n) is 18.2. The number of nitro groups is 1. The Bertz CT molecular complexity index is 1380. The van der Waals surface area contributed by atoms with Gasteiger partial charge in [0.05, 0.1) is 22.1 Å². The number of hydrogen-bond donors (Lipinski definition) is 0.